The lowest BCUT2D eigenvalue weighted by Crippen LogP contribution is -2.50. The number of morpholine rings is 1. The topological polar surface area (TPSA) is 58.3 Å². The summed E-state index contributed by atoms with van der Waals surface area (Å²) in [5.41, 5.74) is 1.80. The number of nitriles is 1. The first-order chi connectivity index (χ1) is 12.3. The van der Waals surface area contributed by atoms with E-state index in [1.807, 2.05) is 35.0 Å². The van der Waals surface area contributed by atoms with Gasteiger partial charge < -0.3 is 9.30 Å². The number of benzene rings is 1. The monoisotopic (exact) mass is 337 g/mol. The summed E-state index contributed by atoms with van der Waals surface area (Å²) in [7, 11) is 0. The number of hydrogen-bond donors (Lipinski definition) is 0. The van der Waals surface area contributed by atoms with E-state index >= 15 is 0 Å². The Morgan fingerprint density at radius 2 is 2.20 bits per heavy atom. The van der Waals surface area contributed by atoms with E-state index in [1.54, 1.807) is 0 Å². The van der Waals surface area contributed by atoms with Gasteiger partial charge in [0.15, 0.2) is 5.78 Å². The smallest absolute Gasteiger partial charge is 0.178 e. The molecule has 0 spiro atoms. The van der Waals surface area contributed by atoms with Crippen LogP contribution < -0.4 is 0 Å². The summed E-state index contributed by atoms with van der Waals surface area (Å²) >= 11 is 0. The zero-order valence-corrected chi connectivity index (χ0v) is 14.4. The minimum atomic E-state index is 0.166. The number of hydrogen-bond acceptors (Lipinski definition) is 4. The molecule has 2 aromatic rings. The van der Waals surface area contributed by atoms with Crippen LogP contribution in [0.4, 0.5) is 0 Å². The molecule has 4 rings (SSSR count). The predicted molar refractivity (Wildman–Crippen MR) is 95.5 cm³/mol. The van der Waals surface area contributed by atoms with Gasteiger partial charge in [0.2, 0.25) is 0 Å². The van der Waals surface area contributed by atoms with Crippen molar-refractivity contribution in [2.24, 2.45) is 0 Å². The average Bonchev–Trinajstić information content (AvgIpc) is 3.25. The first-order valence-electron chi connectivity index (χ1n) is 9.11. The summed E-state index contributed by atoms with van der Waals surface area (Å²) in [5, 5.41) is 9.86. The molecule has 2 fully saturated rings. The van der Waals surface area contributed by atoms with Gasteiger partial charge in [-0.25, -0.2) is 0 Å². The van der Waals surface area contributed by atoms with Gasteiger partial charge in [-0.05, 0) is 25.3 Å². The lowest BCUT2D eigenvalue weighted by atomic mass is 10.1. The highest BCUT2D eigenvalue weighted by molar-refractivity contribution is 6.09. The molecule has 1 saturated heterocycles. The maximum absolute atomic E-state index is 13.0. The second-order valence-electron chi connectivity index (χ2n) is 6.96. The van der Waals surface area contributed by atoms with Gasteiger partial charge in [0, 0.05) is 41.8 Å². The van der Waals surface area contributed by atoms with E-state index in [-0.39, 0.29) is 5.78 Å². The number of nitrogens with zero attached hydrogens (tertiary/aromatic N) is 3. The van der Waals surface area contributed by atoms with Crippen LogP contribution in [-0.2, 0) is 11.3 Å². The normalized spacial score (nSPS) is 23.5. The van der Waals surface area contributed by atoms with Crippen LogP contribution in [-0.4, -0.2) is 47.1 Å². The predicted octanol–water partition coefficient (Wildman–Crippen LogP) is 2.99. The van der Waals surface area contributed by atoms with Crippen LogP contribution in [0.25, 0.3) is 10.9 Å². The van der Waals surface area contributed by atoms with Crippen molar-refractivity contribution < 1.29 is 9.53 Å². The first kappa shape index (κ1) is 16.3. The Hall–Kier alpha value is -2.16. The Balaban J connectivity index is 1.58. The lowest BCUT2D eigenvalue weighted by Gasteiger charge is -2.37. The molecule has 2 aliphatic rings. The quantitative estimate of drug-likeness (QED) is 0.787. The summed E-state index contributed by atoms with van der Waals surface area (Å²) in [4.78, 5) is 15.4. The highest BCUT2D eigenvalue weighted by atomic mass is 16.5. The molecule has 5 heteroatoms. The van der Waals surface area contributed by atoms with Gasteiger partial charge in [-0.1, -0.05) is 18.2 Å². The van der Waals surface area contributed by atoms with E-state index in [1.165, 1.54) is 6.42 Å². The summed E-state index contributed by atoms with van der Waals surface area (Å²) in [5.74, 6) is 0.166. The van der Waals surface area contributed by atoms with Gasteiger partial charge in [0.1, 0.15) is 0 Å². The fraction of sp³-hybridized carbons (Fsp3) is 0.500. The number of para-hydroxylation sites is 1. The molecule has 2 heterocycles. The second-order valence-corrected chi connectivity index (χ2v) is 6.96. The molecular weight excluding hydrogens is 314 g/mol. The Bertz CT molecular complexity index is 820. The van der Waals surface area contributed by atoms with Crippen LogP contribution >= 0.6 is 0 Å². The maximum Gasteiger partial charge on any atom is 0.178 e. The Labute approximate surface area is 147 Å². The van der Waals surface area contributed by atoms with Crippen molar-refractivity contribution in [2.75, 3.05) is 19.7 Å². The average molecular weight is 337 g/mol. The van der Waals surface area contributed by atoms with Crippen LogP contribution in [0.1, 0.15) is 36.0 Å². The first-order valence-corrected chi connectivity index (χ1v) is 9.11. The van der Waals surface area contributed by atoms with Gasteiger partial charge in [0.25, 0.3) is 0 Å². The highest BCUT2D eigenvalue weighted by Crippen LogP contribution is 2.30. The highest BCUT2D eigenvalue weighted by Gasteiger charge is 2.36. The fourth-order valence-corrected chi connectivity index (χ4v) is 4.30. The number of ether oxygens (including phenoxy) is 1. The van der Waals surface area contributed by atoms with Crippen molar-refractivity contribution in [2.45, 2.75) is 44.4 Å². The minimum Gasteiger partial charge on any atom is -0.375 e. The Morgan fingerprint density at radius 3 is 3.08 bits per heavy atom. The van der Waals surface area contributed by atoms with Gasteiger partial charge in [-0.2, -0.15) is 5.26 Å². The molecular formula is C20H23N3O2. The molecule has 1 aliphatic carbocycles. The minimum absolute atomic E-state index is 0.166. The van der Waals surface area contributed by atoms with E-state index in [4.69, 9.17) is 10.00 Å². The number of rotatable bonds is 5. The number of carbonyl (C=O) groups is 1. The number of fused-ring (bicyclic) bond motifs is 2. The number of aromatic nitrogens is 1. The molecule has 1 aromatic carbocycles. The molecule has 25 heavy (non-hydrogen) atoms. The molecule has 0 amide bonds. The molecule has 130 valence electrons. The van der Waals surface area contributed by atoms with Crippen molar-refractivity contribution in [3.05, 3.63) is 36.0 Å². The van der Waals surface area contributed by atoms with E-state index in [0.29, 0.717) is 31.7 Å². The van der Waals surface area contributed by atoms with Crippen LogP contribution in [0.15, 0.2) is 30.5 Å². The van der Waals surface area contributed by atoms with Crippen molar-refractivity contribution in [1.29, 1.82) is 5.26 Å². The summed E-state index contributed by atoms with van der Waals surface area (Å²) in [6, 6.07) is 10.5. The van der Waals surface area contributed by atoms with Gasteiger partial charge in [-0.15, -0.1) is 0 Å². The van der Waals surface area contributed by atoms with Crippen LogP contribution in [0.5, 0.6) is 0 Å². The largest absolute Gasteiger partial charge is 0.375 e. The second kappa shape index (κ2) is 6.99. The Morgan fingerprint density at radius 1 is 1.32 bits per heavy atom. The third kappa shape index (κ3) is 3.08. The molecule has 0 N–H and O–H groups in total. The number of Topliss-reactive ketones (excluding diaryl/α,β-unsaturated/α-hetero) is 1. The summed E-state index contributed by atoms with van der Waals surface area (Å²) in [6.45, 7) is 2.63. The number of ketones is 1. The van der Waals surface area contributed by atoms with Crippen LogP contribution in [0.2, 0.25) is 0 Å². The fourth-order valence-electron chi connectivity index (χ4n) is 4.30. The van der Waals surface area contributed by atoms with Gasteiger partial charge in [-0.3, -0.25) is 9.69 Å². The Kier molecular flexibility index (Phi) is 4.56. The van der Waals surface area contributed by atoms with Crippen LogP contribution in [0, 0.1) is 11.3 Å². The van der Waals surface area contributed by atoms with Gasteiger partial charge in [0.05, 0.1) is 31.7 Å². The van der Waals surface area contributed by atoms with E-state index in [2.05, 4.69) is 11.0 Å². The SMILES string of the molecule is N#CCCn1cc(C(=O)CN2CCOC3CCCC32)c2ccccc21. The molecule has 5 nitrogen and oxygen atoms in total. The number of carbonyl (C=O) groups excluding carboxylic acids is 1. The molecule has 0 bridgehead atoms. The van der Waals surface area contributed by atoms with Crippen molar-refractivity contribution in [3.8, 4) is 6.07 Å². The van der Waals surface area contributed by atoms with Gasteiger partial charge >= 0.3 is 0 Å². The van der Waals surface area contributed by atoms with Crippen molar-refractivity contribution >= 4 is 16.7 Å². The molecule has 1 saturated carbocycles. The zero-order chi connectivity index (χ0) is 17.2. The number of aryl methyl sites for hydroxylation is 1. The van der Waals surface area contributed by atoms with E-state index in [0.717, 1.165) is 42.5 Å². The van der Waals surface area contributed by atoms with Crippen molar-refractivity contribution in [3.63, 3.8) is 0 Å². The molecule has 1 aliphatic heterocycles. The third-order valence-electron chi connectivity index (χ3n) is 5.50. The van der Waals surface area contributed by atoms with Crippen LogP contribution in [0.3, 0.4) is 0 Å². The zero-order valence-electron chi connectivity index (χ0n) is 14.4. The molecule has 0 radical (unpaired) electrons. The molecule has 2 unspecified atom stereocenters. The standard InChI is InChI=1S/C20H23N3O2/c21-9-4-10-22-13-16(15-5-1-2-6-17(15)22)19(24)14-23-11-12-25-20-8-3-7-18(20)23/h1-2,5-6,13,18,20H,3-4,7-8,10-12,14H2. The third-order valence-corrected chi connectivity index (χ3v) is 5.50. The van der Waals surface area contributed by atoms with Crippen molar-refractivity contribution in [1.82, 2.24) is 9.47 Å². The van der Waals surface area contributed by atoms with E-state index in [9.17, 15) is 4.79 Å². The maximum atomic E-state index is 13.0. The molecule has 2 atom stereocenters. The van der Waals surface area contributed by atoms with E-state index < -0.39 is 0 Å². The molecule has 1 aromatic heterocycles. The summed E-state index contributed by atoms with van der Waals surface area (Å²) in [6.07, 6.45) is 6.10. The summed E-state index contributed by atoms with van der Waals surface area (Å²) < 4.78 is 7.88. The lowest BCUT2D eigenvalue weighted by molar-refractivity contribution is -0.0522.